The van der Waals surface area contributed by atoms with Gasteiger partial charge < -0.3 is 4.74 Å². The molecule has 0 aromatic carbocycles. The summed E-state index contributed by atoms with van der Waals surface area (Å²) in [6.07, 6.45) is 4.45. The summed E-state index contributed by atoms with van der Waals surface area (Å²) < 4.78 is 6.04. The first kappa shape index (κ1) is 8.90. The lowest BCUT2D eigenvalue weighted by Crippen LogP contribution is -2.26. The summed E-state index contributed by atoms with van der Waals surface area (Å²) in [7, 11) is 1.73. The average Bonchev–Trinajstić information content (AvgIpc) is 2.73. The minimum absolute atomic E-state index is 0.215. The molecule has 0 aliphatic heterocycles. The van der Waals surface area contributed by atoms with E-state index in [0.29, 0.717) is 4.77 Å². The highest BCUT2D eigenvalue weighted by atomic mass is 32.1. The van der Waals surface area contributed by atoms with Gasteiger partial charge in [0.05, 0.1) is 0 Å². The Morgan fingerprint density at radius 2 is 2.08 bits per heavy atom. The second kappa shape index (κ2) is 3.23. The van der Waals surface area contributed by atoms with Crippen LogP contribution in [0, 0.1) is 4.77 Å². The van der Waals surface area contributed by atoms with Crippen molar-refractivity contribution in [1.82, 2.24) is 15.2 Å². The Labute approximate surface area is 81.7 Å². The van der Waals surface area contributed by atoms with Crippen molar-refractivity contribution in [2.75, 3.05) is 7.11 Å². The van der Waals surface area contributed by atoms with Crippen molar-refractivity contribution in [3.05, 3.63) is 10.6 Å². The largest absolute Gasteiger partial charge is 0.370 e. The van der Waals surface area contributed by atoms with Crippen LogP contribution in [-0.2, 0) is 10.3 Å². The zero-order chi connectivity index (χ0) is 9.31. The average molecular weight is 199 g/mol. The Morgan fingerprint density at radius 1 is 1.38 bits per heavy atom. The standard InChI is InChI=1S/C8H13N3OS/c1-12-8(4-2-3-5-8)6-9-7(13)11-10-6/h2-5H2,1H3,(H2,9,10,11,13). The first-order chi connectivity index (χ1) is 6.27. The van der Waals surface area contributed by atoms with Crippen LogP contribution < -0.4 is 0 Å². The van der Waals surface area contributed by atoms with Crippen LogP contribution in [0.15, 0.2) is 0 Å². The van der Waals surface area contributed by atoms with Gasteiger partial charge in [-0.25, -0.2) is 4.98 Å². The molecule has 2 rings (SSSR count). The van der Waals surface area contributed by atoms with Crippen molar-refractivity contribution in [3.63, 3.8) is 0 Å². The third-order valence-corrected chi connectivity index (χ3v) is 2.93. The quantitative estimate of drug-likeness (QED) is 0.715. The Morgan fingerprint density at radius 3 is 2.54 bits per heavy atom. The van der Waals surface area contributed by atoms with E-state index in [9.17, 15) is 0 Å². The zero-order valence-electron chi connectivity index (χ0n) is 7.59. The van der Waals surface area contributed by atoms with Crippen molar-refractivity contribution < 1.29 is 4.74 Å². The van der Waals surface area contributed by atoms with Crippen LogP contribution in [-0.4, -0.2) is 22.3 Å². The molecule has 1 saturated carbocycles. The lowest BCUT2D eigenvalue weighted by atomic mass is 10.0. The van der Waals surface area contributed by atoms with E-state index in [1.54, 1.807) is 7.11 Å². The highest BCUT2D eigenvalue weighted by Gasteiger charge is 2.38. The molecule has 72 valence electrons. The van der Waals surface area contributed by atoms with Crippen LogP contribution in [0.2, 0.25) is 0 Å². The molecule has 1 aromatic rings. The number of rotatable bonds is 2. The number of methoxy groups -OCH3 is 1. The normalized spacial score (nSPS) is 20.7. The van der Waals surface area contributed by atoms with Crippen LogP contribution >= 0.6 is 12.2 Å². The summed E-state index contributed by atoms with van der Waals surface area (Å²) in [5.74, 6) is 0.845. The maximum absolute atomic E-state index is 5.54. The molecule has 1 aliphatic rings. The van der Waals surface area contributed by atoms with Crippen LogP contribution in [0.3, 0.4) is 0 Å². The Bertz CT molecular complexity index is 337. The van der Waals surface area contributed by atoms with Gasteiger partial charge in [-0.15, -0.1) is 0 Å². The van der Waals surface area contributed by atoms with E-state index < -0.39 is 0 Å². The highest BCUT2D eigenvalue weighted by Crippen LogP contribution is 2.39. The van der Waals surface area contributed by atoms with Gasteiger partial charge in [-0.3, -0.25) is 10.2 Å². The fourth-order valence-electron chi connectivity index (χ4n) is 1.97. The summed E-state index contributed by atoms with van der Waals surface area (Å²) in [5.41, 5.74) is -0.215. The third-order valence-electron chi connectivity index (χ3n) is 2.73. The SMILES string of the molecule is COC1(c2nc(=S)[nH][nH]2)CCCC1. The molecule has 0 bridgehead atoms. The number of nitrogens with zero attached hydrogens (tertiary/aromatic N) is 1. The van der Waals surface area contributed by atoms with Crippen molar-refractivity contribution in [1.29, 1.82) is 0 Å². The predicted molar refractivity (Wildman–Crippen MR) is 50.9 cm³/mol. The molecule has 13 heavy (non-hydrogen) atoms. The van der Waals surface area contributed by atoms with Crippen LogP contribution in [0.25, 0.3) is 0 Å². The number of aromatic amines is 2. The van der Waals surface area contributed by atoms with E-state index in [0.717, 1.165) is 18.7 Å². The third kappa shape index (κ3) is 1.42. The number of nitrogens with one attached hydrogen (secondary N) is 2. The maximum Gasteiger partial charge on any atom is 0.213 e. The molecule has 0 spiro atoms. The predicted octanol–water partition coefficient (Wildman–Crippen LogP) is 1.88. The first-order valence-corrected chi connectivity index (χ1v) is 4.88. The molecule has 0 unspecified atom stereocenters. The number of H-pyrrole nitrogens is 2. The summed E-state index contributed by atoms with van der Waals surface area (Å²) in [5, 5.41) is 5.78. The van der Waals surface area contributed by atoms with E-state index in [2.05, 4.69) is 15.2 Å². The van der Waals surface area contributed by atoms with Gasteiger partial charge in [0.1, 0.15) is 5.60 Å². The van der Waals surface area contributed by atoms with Crippen LogP contribution in [0.5, 0.6) is 0 Å². The van der Waals surface area contributed by atoms with Crippen LogP contribution in [0.4, 0.5) is 0 Å². The molecular weight excluding hydrogens is 186 g/mol. The summed E-state index contributed by atoms with van der Waals surface area (Å²) >= 11 is 4.91. The Hall–Kier alpha value is -0.680. The molecule has 0 atom stereocenters. The summed E-state index contributed by atoms with van der Waals surface area (Å²) in [4.78, 5) is 4.21. The van der Waals surface area contributed by atoms with Gasteiger partial charge in [0, 0.05) is 7.11 Å². The fourth-order valence-corrected chi connectivity index (χ4v) is 2.11. The molecule has 2 N–H and O–H groups in total. The Balaban J connectivity index is 2.35. The van der Waals surface area contributed by atoms with Gasteiger partial charge in [0.25, 0.3) is 0 Å². The van der Waals surface area contributed by atoms with Gasteiger partial charge in [0.2, 0.25) is 4.77 Å². The van der Waals surface area contributed by atoms with Gasteiger partial charge >= 0.3 is 0 Å². The van der Waals surface area contributed by atoms with Gasteiger partial charge in [-0.1, -0.05) is 0 Å². The van der Waals surface area contributed by atoms with Gasteiger partial charge in [-0.2, -0.15) is 0 Å². The van der Waals surface area contributed by atoms with Crippen molar-refractivity contribution >= 4 is 12.2 Å². The molecule has 1 aliphatic carbocycles. The molecule has 0 amide bonds. The van der Waals surface area contributed by atoms with E-state index >= 15 is 0 Å². The van der Waals surface area contributed by atoms with Crippen molar-refractivity contribution in [3.8, 4) is 0 Å². The van der Waals surface area contributed by atoms with E-state index in [1.165, 1.54) is 12.8 Å². The lowest BCUT2D eigenvalue weighted by Gasteiger charge is -2.23. The number of hydrogen-bond acceptors (Lipinski definition) is 3. The number of aromatic nitrogens is 3. The molecule has 4 nitrogen and oxygen atoms in total. The van der Waals surface area contributed by atoms with E-state index in [1.807, 2.05) is 0 Å². The molecular formula is C8H13N3OS. The second-order valence-corrected chi connectivity index (χ2v) is 3.81. The fraction of sp³-hybridized carbons (Fsp3) is 0.750. The lowest BCUT2D eigenvalue weighted by molar-refractivity contribution is -0.0160. The first-order valence-electron chi connectivity index (χ1n) is 4.47. The van der Waals surface area contributed by atoms with Crippen LogP contribution in [0.1, 0.15) is 31.5 Å². The minimum Gasteiger partial charge on any atom is -0.370 e. The molecule has 0 saturated heterocycles. The number of ether oxygens (including phenoxy) is 1. The minimum atomic E-state index is -0.215. The smallest absolute Gasteiger partial charge is 0.213 e. The van der Waals surface area contributed by atoms with E-state index in [-0.39, 0.29) is 5.60 Å². The molecule has 5 heteroatoms. The topological polar surface area (TPSA) is 53.7 Å². The molecule has 1 fully saturated rings. The summed E-state index contributed by atoms with van der Waals surface area (Å²) in [6.45, 7) is 0. The van der Waals surface area contributed by atoms with Crippen molar-refractivity contribution in [2.45, 2.75) is 31.3 Å². The highest BCUT2D eigenvalue weighted by molar-refractivity contribution is 7.71. The zero-order valence-corrected chi connectivity index (χ0v) is 8.41. The van der Waals surface area contributed by atoms with Gasteiger partial charge in [0.15, 0.2) is 5.82 Å². The molecule has 1 heterocycles. The van der Waals surface area contributed by atoms with Crippen molar-refractivity contribution in [2.24, 2.45) is 0 Å². The van der Waals surface area contributed by atoms with E-state index in [4.69, 9.17) is 17.0 Å². The summed E-state index contributed by atoms with van der Waals surface area (Å²) in [6, 6.07) is 0. The number of hydrogen-bond donors (Lipinski definition) is 2. The second-order valence-electron chi connectivity index (χ2n) is 3.42. The molecule has 1 aromatic heterocycles. The van der Waals surface area contributed by atoms with Gasteiger partial charge in [-0.05, 0) is 37.9 Å². The molecule has 0 radical (unpaired) electrons. The monoisotopic (exact) mass is 199 g/mol. The maximum atomic E-state index is 5.54. The Kier molecular flexibility index (Phi) is 2.21.